The van der Waals surface area contributed by atoms with Crippen LogP contribution in [-0.4, -0.2) is 78.2 Å². The second-order valence-electron chi connectivity index (χ2n) is 12.1. The van der Waals surface area contributed by atoms with Gasteiger partial charge in [-0.15, -0.1) is 0 Å². The highest BCUT2D eigenvalue weighted by Crippen LogP contribution is 2.38. The van der Waals surface area contributed by atoms with Crippen molar-refractivity contribution in [2.75, 3.05) is 26.3 Å². The summed E-state index contributed by atoms with van der Waals surface area (Å²) in [4.78, 5) is 31.4. The van der Waals surface area contributed by atoms with Crippen molar-refractivity contribution in [1.29, 1.82) is 0 Å². The first-order valence-electron chi connectivity index (χ1n) is 13.9. The number of carbonyl (C=O) groups excluding carboxylic acids is 2. The molecule has 206 valence electrons. The van der Waals surface area contributed by atoms with E-state index in [0.717, 1.165) is 32.5 Å². The van der Waals surface area contributed by atoms with Crippen LogP contribution in [0.1, 0.15) is 65.9 Å². The van der Waals surface area contributed by atoms with Crippen LogP contribution in [-0.2, 0) is 14.3 Å². The van der Waals surface area contributed by atoms with Crippen LogP contribution in [0.15, 0.2) is 18.2 Å². The van der Waals surface area contributed by atoms with Crippen LogP contribution in [0.2, 0.25) is 0 Å². The maximum atomic E-state index is 14.3. The summed E-state index contributed by atoms with van der Waals surface area (Å²) >= 11 is 0. The van der Waals surface area contributed by atoms with Crippen molar-refractivity contribution >= 4 is 11.8 Å². The molecular weight excluding hydrogens is 473 g/mol. The molecule has 5 atom stereocenters. The molecule has 3 fully saturated rings. The highest BCUT2D eigenvalue weighted by Gasteiger charge is 2.54. The van der Waals surface area contributed by atoms with Gasteiger partial charge < -0.3 is 19.7 Å². The molecule has 1 aromatic carbocycles. The molecule has 3 saturated heterocycles. The van der Waals surface area contributed by atoms with E-state index in [-0.39, 0.29) is 41.7 Å². The third-order valence-corrected chi connectivity index (χ3v) is 8.45. The highest BCUT2D eigenvalue weighted by atomic mass is 19.1. The van der Waals surface area contributed by atoms with Crippen molar-refractivity contribution in [2.24, 2.45) is 11.3 Å². The smallest absolute Gasteiger partial charge is 0.246 e. The Morgan fingerprint density at radius 1 is 1.22 bits per heavy atom. The SMILES string of the molecule is CC[C@@H](C)C(=O)N[C@H](C(=O)N1CC[C@@H]2[C@H]1[C@@H](Oc1ccc(C)c(F)c1)CN2C1CCOCC1)C(C)(C)C. The molecule has 0 unspecified atom stereocenters. The van der Waals surface area contributed by atoms with Crippen molar-refractivity contribution in [3.05, 3.63) is 29.6 Å². The number of aryl methyl sites for hydroxylation is 1. The summed E-state index contributed by atoms with van der Waals surface area (Å²) in [6, 6.07) is 4.71. The second kappa shape index (κ2) is 11.3. The maximum Gasteiger partial charge on any atom is 0.246 e. The quantitative estimate of drug-likeness (QED) is 0.594. The summed E-state index contributed by atoms with van der Waals surface area (Å²) in [5.41, 5.74) is 0.122. The molecule has 37 heavy (non-hydrogen) atoms. The number of nitrogens with zero attached hydrogens (tertiary/aromatic N) is 2. The fraction of sp³-hybridized carbons (Fsp3) is 0.724. The first kappa shape index (κ1) is 27.8. The average Bonchev–Trinajstić information content (AvgIpc) is 3.45. The summed E-state index contributed by atoms with van der Waals surface area (Å²) in [6.07, 6.45) is 3.20. The van der Waals surface area contributed by atoms with Gasteiger partial charge in [0.2, 0.25) is 11.8 Å². The molecule has 3 heterocycles. The summed E-state index contributed by atoms with van der Waals surface area (Å²) in [7, 11) is 0. The minimum Gasteiger partial charge on any atom is -0.487 e. The number of hydrogen-bond donors (Lipinski definition) is 1. The lowest BCUT2D eigenvalue weighted by atomic mass is 9.85. The number of ether oxygens (including phenoxy) is 2. The Kier molecular flexibility index (Phi) is 8.48. The fourth-order valence-electron chi connectivity index (χ4n) is 5.97. The van der Waals surface area contributed by atoms with Gasteiger partial charge in [-0.3, -0.25) is 14.5 Å². The van der Waals surface area contributed by atoms with Crippen LogP contribution >= 0.6 is 0 Å². The van der Waals surface area contributed by atoms with Gasteiger partial charge in [0.25, 0.3) is 0 Å². The Labute approximate surface area is 221 Å². The van der Waals surface area contributed by atoms with Gasteiger partial charge in [-0.1, -0.05) is 40.7 Å². The zero-order valence-corrected chi connectivity index (χ0v) is 23.3. The maximum absolute atomic E-state index is 14.3. The van der Waals surface area contributed by atoms with Gasteiger partial charge in [-0.25, -0.2) is 4.39 Å². The molecule has 4 rings (SSSR count). The van der Waals surface area contributed by atoms with Gasteiger partial charge in [0.05, 0.1) is 6.04 Å². The standard InChI is InChI=1S/C29H44FN3O4/c1-7-18(2)27(34)31-26(29(4,5)6)28(35)32-13-10-23-25(32)24(17-33(23)20-11-14-36-15-12-20)37-21-9-8-19(3)22(30)16-21/h8-9,16,18,20,23-26H,7,10-15,17H2,1-6H3,(H,31,34)/t18-,23-,24+,25+,26-/m1/s1. The number of amides is 2. The monoisotopic (exact) mass is 517 g/mol. The predicted octanol–water partition coefficient (Wildman–Crippen LogP) is 3.92. The zero-order chi connectivity index (χ0) is 26.9. The molecule has 3 aliphatic rings. The lowest BCUT2D eigenvalue weighted by Gasteiger charge is -2.37. The summed E-state index contributed by atoms with van der Waals surface area (Å²) in [5.74, 6) is -0.128. The van der Waals surface area contributed by atoms with Crippen molar-refractivity contribution < 1.29 is 23.5 Å². The topological polar surface area (TPSA) is 71.1 Å². The number of hydrogen-bond acceptors (Lipinski definition) is 5. The number of rotatable bonds is 7. The van der Waals surface area contributed by atoms with Crippen LogP contribution in [0.3, 0.4) is 0 Å². The van der Waals surface area contributed by atoms with Crippen LogP contribution in [0.5, 0.6) is 5.75 Å². The van der Waals surface area contributed by atoms with Crippen molar-refractivity contribution in [3.8, 4) is 5.75 Å². The van der Waals surface area contributed by atoms with Crippen LogP contribution in [0, 0.1) is 24.1 Å². The number of benzene rings is 1. The molecular formula is C29H44FN3O4. The third kappa shape index (κ3) is 5.95. The van der Waals surface area contributed by atoms with E-state index in [1.807, 2.05) is 39.5 Å². The Bertz CT molecular complexity index is 974. The molecule has 0 radical (unpaired) electrons. The summed E-state index contributed by atoms with van der Waals surface area (Å²) < 4.78 is 26.4. The average molecular weight is 518 g/mol. The molecule has 0 aliphatic carbocycles. The summed E-state index contributed by atoms with van der Waals surface area (Å²) in [6.45, 7) is 14.3. The van der Waals surface area contributed by atoms with Crippen molar-refractivity contribution in [1.82, 2.24) is 15.1 Å². The lowest BCUT2D eigenvalue weighted by Crippen LogP contribution is -2.58. The molecule has 0 bridgehead atoms. The van der Waals surface area contributed by atoms with Gasteiger partial charge in [-0.05, 0) is 49.7 Å². The number of nitrogens with one attached hydrogen (secondary N) is 1. The fourth-order valence-corrected chi connectivity index (χ4v) is 5.97. The molecule has 0 saturated carbocycles. The minimum absolute atomic E-state index is 0.0610. The minimum atomic E-state index is -0.637. The molecule has 1 N–H and O–H groups in total. The Morgan fingerprint density at radius 3 is 2.54 bits per heavy atom. The van der Waals surface area contributed by atoms with E-state index in [1.54, 1.807) is 19.1 Å². The van der Waals surface area contributed by atoms with Crippen molar-refractivity contribution in [3.63, 3.8) is 0 Å². The Morgan fingerprint density at radius 2 is 1.92 bits per heavy atom. The Hall–Kier alpha value is -2.19. The molecule has 3 aliphatic heterocycles. The molecule has 0 spiro atoms. The number of fused-ring (bicyclic) bond motifs is 1. The number of carbonyl (C=O) groups is 2. The number of halogens is 1. The Balaban J connectivity index is 1.61. The van der Waals surface area contributed by atoms with Crippen LogP contribution in [0.25, 0.3) is 0 Å². The van der Waals surface area contributed by atoms with E-state index in [4.69, 9.17) is 9.47 Å². The first-order chi connectivity index (χ1) is 17.5. The normalized spacial score (nSPS) is 26.6. The molecule has 7 nitrogen and oxygen atoms in total. The lowest BCUT2D eigenvalue weighted by molar-refractivity contribution is -0.142. The zero-order valence-electron chi connectivity index (χ0n) is 23.3. The van der Waals surface area contributed by atoms with Crippen molar-refractivity contribution in [2.45, 2.75) is 97.5 Å². The first-order valence-corrected chi connectivity index (χ1v) is 13.9. The van der Waals surface area contributed by atoms with E-state index in [1.165, 1.54) is 6.07 Å². The molecule has 8 heteroatoms. The highest BCUT2D eigenvalue weighted by molar-refractivity contribution is 5.89. The van der Waals surface area contributed by atoms with Gasteiger partial charge in [-0.2, -0.15) is 0 Å². The largest absolute Gasteiger partial charge is 0.487 e. The van der Waals surface area contributed by atoms with Gasteiger partial charge >= 0.3 is 0 Å². The van der Waals surface area contributed by atoms with Crippen LogP contribution < -0.4 is 10.1 Å². The summed E-state index contributed by atoms with van der Waals surface area (Å²) in [5, 5.41) is 3.07. The predicted molar refractivity (Wildman–Crippen MR) is 141 cm³/mol. The second-order valence-corrected chi connectivity index (χ2v) is 12.1. The third-order valence-electron chi connectivity index (χ3n) is 8.45. The van der Waals surface area contributed by atoms with E-state index in [0.29, 0.717) is 36.9 Å². The van der Waals surface area contributed by atoms with E-state index >= 15 is 0 Å². The van der Waals surface area contributed by atoms with E-state index in [9.17, 15) is 14.0 Å². The van der Waals surface area contributed by atoms with Gasteiger partial charge in [0.15, 0.2) is 0 Å². The van der Waals surface area contributed by atoms with E-state index < -0.39 is 11.5 Å². The van der Waals surface area contributed by atoms with Crippen LogP contribution in [0.4, 0.5) is 4.39 Å². The molecule has 2 amide bonds. The molecule has 1 aromatic rings. The van der Waals surface area contributed by atoms with Gasteiger partial charge in [0.1, 0.15) is 23.7 Å². The number of likely N-dealkylation sites (tertiary alicyclic amines) is 2. The molecule has 0 aromatic heterocycles. The van der Waals surface area contributed by atoms with E-state index in [2.05, 4.69) is 10.2 Å². The van der Waals surface area contributed by atoms with Gasteiger partial charge in [0, 0.05) is 50.4 Å².